The quantitative estimate of drug-likeness (QED) is 0.681. The lowest BCUT2D eigenvalue weighted by Crippen LogP contribution is -2.58. The molecule has 27 heavy (non-hydrogen) atoms. The van der Waals surface area contributed by atoms with Gasteiger partial charge in [0.05, 0.1) is 6.61 Å². The van der Waals surface area contributed by atoms with Gasteiger partial charge in [-0.15, -0.1) is 11.3 Å². The van der Waals surface area contributed by atoms with Crippen molar-refractivity contribution < 1.29 is 9.53 Å². The number of rotatable bonds is 8. The van der Waals surface area contributed by atoms with Gasteiger partial charge in [-0.1, -0.05) is 24.3 Å². The average molecular weight is 389 g/mol. The third-order valence-corrected chi connectivity index (χ3v) is 5.86. The molecule has 0 atom stereocenters. The van der Waals surface area contributed by atoms with Gasteiger partial charge >= 0.3 is 0 Å². The minimum absolute atomic E-state index is 0.0327. The van der Waals surface area contributed by atoms with E-state index < -0.39 is 5.54 Å². The zero-order valence-corrected chi connectivity index (χ0v) is 16.8. The zero-order chi connectivity index (χ0) is 19.1. The molecular formula is C20H28N4O2S. The summed E-state index contributed by atoms with van der Waals surface area (Å²) >= 11 is 1.53. The summed E-state index contributed by atoms with van der Waals surface area (Å²) in [6, 6.07) is 8.49. The van der Waals surface area contributed by atoms with Crippen LogP contribution in [0.15, 0.2) is 35.8 Å². The number of aromatic nitrogens is 1. The minimum Gasteiger partial charge on any atom is -0.383 e. The number of methoxy groups -OCH3 is 1. The number of thiazole rings is 1. The Morgan fingerprint density at radius 2 is 2.11 bits per heavy atom. The first-order chi connectivity index (χ1) is 13.1. The molecule has 0 saturated carbocycles. The number of likely N-dealkylation sites (tertiary alicyclic amines) is 1. The fraction of sp³-hybridized carbons (Fsp3) is 0.500. The first-order valence-electron chi connectivity index (χ1n) is 9.35. The summed E-state index contributed by atoms with van der Waals surface area (Å²) in [6.45, 7) is 5.83. The van der Waals surface area contributed by atoms with Crippen molar-refractivity contribution in [2.45, 2.75) is 31.8 Å². The number of amides is 1. The molecule has 6 nitrogen and oxygen atoms in total. The van der Waals surface area contributed by atoms with Gasteiger partial charge in [0.15, 0.2) is 5.13 Å². The number of hydrogen-bond donors (Lipinski definition) is 2. The van der Waals surface area contributed by atoms with Crippen molar-refractivity contribution in [3.8, 4) is 0 Å². The zero-order valence-electron chi connectivity index (χ0n) is 16.0. The fourth-order valence-corrected chi connectivity index (χ4v) is 4.08. The summed E-state index contributed by atoms with van der Waals surface area (Å²) < 4.78 is 5.06. The molecule has 0 unspecified atom stereocenters. The number of carbonyl (C=O) groups is 1. The van der Waals surface area contributed by atoms with Crippen LogP contribution in [0, 0.1) is 6.92 Å². The molecule has 1 aliphatic heterocycles. The number of piperidine rings is 1. The number of aryl methyl sites for hydroxylation is 1. The molecule has 2 aromatic rings. The highest BCUT2D eigenvalue weighted by molar-refractivity contribution is 7.13. The maximum absolute atomic E-state index is 13.0. The molecule has 1 fully saturated rings. The van der Waals surface area contributed by atoms with Crippen LogP contribution in [0.2, 0.25) is 0 Å². The average Bonchev–Trinajstić information content (AvgIpc) is 3.18. The largest absolute Gasteiger partial charge is 0.383 e. The number of ether oxygens (including phenoxy) is 1. The van der Waals surface area contributed by atoms with Gasteiger partial charge in [0, 0.05) is 44.9 Å². The van der Waals surface area contributed by atoms with Crippen molar-refractivity contribution in [2.75, 3.05) is 38.7 Å². The van der Waals surface area contributed by atoms with Gasteiger partial charge in [0.2, 0.25) is 5.91 Å². The molecule has 0 radical (unpaired) electrons. The van der Waals surface area contributed by atoms with Gasteiger partial charge in [0.1, 0.15) is 5.54 Å². The second-order valence-electron chi connectivity index (χ2n) is 7.00. The van der Waals surface area contributed by atoms with Crippen LogP contribution in [0.4, 0.5) is 5.13 Å². The van der Waals surface area contributed by atoms with Gasteiger partial charge in [-0.25, -0.2) is 4.98 Å². The van der Waals surface area contributed by atoms with Crippen molar-refractivity contribution in [1.29, 1.82) is 0 Å². The molecule has 3 rings (SSSR count). The molecule has 0 aliphatic carbocycles. The van der Waals surface area contributed by atoms with Crippen LogP contribution in [-0.4, -0.2) is 54.7 Å². The Labute approximate surface area is 164 Å². The molecule has 1 aliphatic rings. The van der Waals surface area contributed by atoms with Crippen LogP contribution < -0.4 is 10.6 Å². The van der Waals surface area contributed by atoms with Gasteiger partial charge in [-0.2, -0.15) is 0 Å². The summed E-state index contributed by atoms with van der Waals surface area (Å²) in [5.41, 5.74) is 2.04. The molecule has 0 spiro atoms. The Hall–Kier alpha value is -1.96. The number of benzene rings is 1. The number of carbonyl (C=O) groups excluding carboxylic acids is 1. The second-order valence-corrected chi connectivity index (χ2v) is 7.89. The SMILES string of the molecule is COCCNC(=O)C1(Nc2nccs2)CCN(Cc2ccccc2C)CC1. The molecule has 0 bridgehead atoms. The summed E-state index contributed by atoms with van der Waals surface area (Å²) in [5, 5.41) is 9.16. The summed E-state index contributed by atoms with van der Waals surface area (Å²) in [6.07, 6.45) is 3.26. The van der Waals surface area contributed by atoms with E-state index in [-0.39, 0.29) is 5.91 Å². The Morgan fingerprint density at radius 3 is 2.78 bits per heavy atom. The highest BCUT2D eigenvalue weighted by Gasteiger charge is 2.41. The van der Waals surface area contributed by atoms with Crippen molar-refractivity contribution in [3.63, 3.8) is 0 Å². The van der Waals surface area contributed by atoms with Crippen LogP contribution in [0.25, 0.3) is 0 Å². The highest BCUT2D eigenvalue weighted by atomic mass is 32.1. The Morgan fingerprint density at radius 1 is 1.33 bits per heavy atom. The highest BCUT2D eigenvalue weighted by Crippen LogP contribution is 2.29. The van der Waals surface area contributed by atoms with Gasteiger partial charge in [-0.05, 0) is 30.9 Å². The molecular weight excluding hydrogens is 360 g/mol. The van der Waals surface area contributed by atoms with Crippen molar-refractivity contribution in [2.24, 2.45) is 0 Å². The summed E-state index contributed by atoms with van der Waals surface area (Å²) in [7, 11) is 1.64. The van der Waals surface area contributed by atoms with Gasteiger partial charge < -0.3 is 15.4 Å². The first kappa shape index (κ1) is 19.8. The molecule has 2 heterocycles. The lowest BCUT2D eigenvalue weighted by atomic mass is 9.86. The third kappa shape index (κ3) is 5.06. The number of nitrogens with zero attached hydrogens (tertiary/aromatic N) is 2. The molecule has 1 amide bonds. The van der Waals surface area contributed by atoms with E-state index in [1.54, 1.807) is 13.3 Å². The summed E-state index contributed by atoms with van der Waals surface area (Å²) in [4.78, 5) is 19.7. The Bertz CT molecular complexity index is 727. The number of hydrogen-bond acceptors (Lipinski definition) is 6. The standard InChI is InChI=1S/C20H28N4O2S/c1-16-5-3-4-6-17(16)15-24-11-7-20(8-12-24,18(25)21-9-13-26-2)23-19-22-10-14-27-19/h3-6,10,14H,7-9,11-13,15H2,1-2H3,(H,21,25)(H,22,23). The first-order valence-corrected chi connectivity index (χ1v) is 10.2. The van der Waals surface area contributed by atoms with E-state index in [1.807, 2.05) is 5.38 Å². The Balaban J connectivity index is 1.66. The van der Waals surface area contributed by atoms with E-state index in [0.29, 0.717) is 13.2 Å². The summed E-state index contributed by atoms with van der Waals surface area (Å²) in [5.74, 6) is 0.0327. The van der Waals surface area contributed by atoms with E-state index in [2.05, 4.69) is 51.7 Å². The molecule has 1 aromatic heterocycles. The molecule has 7 heteroatoms. The van der Waals surface area contributed by atoms with E-state index in [4.69, 9.17) is 4.74 Å². The number of anilines is 1. The van der Waals surface area contributed by atoms with Crippen molar-refractivity contribution >= 4 is 22.4 Å². The van der Waals surface area contributed by atoms with Crippen LogP contribution >= 0.6 is 11.3 Å². The minimum atomic E-state index is -0.617. The lowest BCUT2D eigenvalue weighted by molar-refractivity contribution is -0.127. The second kappa shape index (κ2) is 9.30. The van der Waals surface area contributed by atoms with E-state index in [9.17, 15) is 4.79 Å². The molecule has 2 N–H and O–H groups in total. The predicted molar refractivity (Wildman–Crippen MR) is 109 cm³/mol. The lowest BCUT2D eigenvalue weighted by Gasteiger charge is -2.41. The maximum atomic E-state index is 13.0. The third-order valence-electron chi connectivity index (χ3n) is 5.17. The predicted octanol–water partition coefficient (Wildman–Crippen LogP) is 2.66. The van der Waals surface area contributed by atoms with E-state index in [0.717, 1.165) is 37.6 Å². The molecule has 1 aromatic carbocycles. The van der Waals surface area contributed by atoms with Crippen LogP contribution in [0.3, 0.4) is 0 Å². The van der Waals surface area contributed by atoms with Crippen LogP contribution in [0.1, 0.15) is 24.0 Å². The molecule has 1 saturated heterocycles. The van der Waals surface area contributed by atoms with E-state index >= 15 is 0 Å². The van der Waals surface area contributed by atoms with Crippen LogP contribution in [-0.2, 0) is 16.1 Å². The van der Waals surface area contributed by atoms with Gasteiger partial charge in [-0.3, -0.25) is 9.69 Å². The van der Waals surface area contributed by atoms with Crippen molar-refractivity contribution in [3.05, 3.63) is 47.0 Å². The van der Waals surface area contributed by atoms with Crippen molar-refractivity contribution in [1.82, 2.24) is 15.2 Å². The topological polar surface area (TPSA) is 66.5 Å². The monoisotopic (exact) mass is 388 g/mol. The molecule has 146 valence electrons. The normalized spacial score (nSPS) is 16.8. The van der Waals surface area contributed by atoms with Gasteiger partial charge in [0.25, 0.3) is 0 Å². The van der Waals surface area contributed by atoms with E-state index in [1.165, 1.54) is 22.5 Å². The number of nitrogens with one attached hydrogen (secondary N) is 2. The smallest absolute Gasteiger partial charge is 0.245 e. The maximum Gasteiger partial charge on any atom is 0.245 e. The van der Waals surface area contributed by atoms with Crippen LogP contribution in [0.5, 0.6) is 0 Å². The Kier molecular flexibility index (Phi) is 6.82. The fourth-order valence-electron chi connectivity index (χ4n) is 3.46.